The van der Waals surface area contributed by atoms with Crippen LogP contribution >= 0.6 is 29.0 Å². The summed E-state index contributed by atoms with van der Waals surface area (Å²) in [6, 6.07) is 173. The minimum Gasteiger partial charge on any atom is -0.201 e. The van der Waals surface area contributed by atoms with E-state index in [0.717, 1.165) is 0 Å². The first-order valence-electron chi connectivity index (χ1n) is 47.1. The highest BCUT2D eigenvalue weighted by Gasteiger charge is 2.48. The van der Waals surface area contributed by atoms with Crippen LogP contribution in [0.25, 0.3) is 110 Å². The first-order chi connectivity index (χ1) is 66.4. The third-order valence-corrected chi connectivity index (χ3v) is 44.5. The Morgan fingerprint density at radius 2 is 0.478 bits per heavy atom. The molecule has 660 valence electrons. The molecule has 22 rings (SSSR count). The number of fused-ring (bicyclic) bond motifs is 6. The average molecular weight is 1830 g/mol. The predicted molar refractivity (Wildman–Crippen MR) is 595 cm³/mol. The third-order valence-electron chi connectivity index (χ3n) is 28.5. The van der Waals surface area contributed by atoms with Gasteiger partial charge >= 0.3 is 0 Å². The number of rotatable bonds is 16. The smallest absolute Gasteiger partial charge is 0.201 e. The number of pyridine rings is 4. The van der Waals surface area contributed by atoms with Crippen LogP contribution in [0.4, 0.5) is 0 Å². The lowest BCUT2D eigenvalue weighted by atomic mass is 9.95. The SMILES string of the molecule is Cc1c(-c2c3ccccc3cc[n+]2C)ccc2cccc([P+](C)(c3ccccc3)c3ccccc3)c12.Cc1c(-c2ccc3cccc([P+](C)(c4ccccc4)c4ccccc4)c3[n+]2C)ccc2ccccc12.Cc1c(-c2cccc[n+]2C)ccc2cccc([P+](C)(c3ccccc3)c3ccccc3)c12.Cc1ccccc1-c1ccc2cccc([P+](C)(c3ccccc3)c3ccccc3)c2[n+]1C. The molecule has 22 aromatic rings. The van der Waals surface area contributed by atoms with Crippen LogP contribution in [-0.4, -0.2) is 26.7 Å². The van der Waals surface area contributed by atoms with Gasteiger partial charge in [0, 0.05) is 57.8 Å². The fraction of sp³-hybridized carbons (Fsp3) is 0.0938. The summed E-state index contributed by atoms with van der Waals surface area (Å²) in [7, 11) is 1.29. The molecule has 0 unspecified atom stereocenters. The Morgan fingerprint density at radius 1 is 0.184 bits per heavy atom. The molecule has 136 heavy (non-hydrogen) atoms. The number of para-hydroxylation sites is 2. The van der Waals surface area contributed by atoms with Crippen molar-refractivity contribution >= 4 is 158 Å². The molecule has 4 heterocycles. The van der Waals surface area contributed by atoms with E-state index < -0.39 is 29.0 Å². The molecular weight excluding hydrogens is 1720 g/mol. The van der Waals surface area contributed by atoms with Gasteiger partial charge in [-0.2, -0.15) is 9.13 Å². The Labute approximate surface area is 805 Å². The van der Waals surface area contributed by atoms with Crippen molar-refractivity contribution in [2.45, 2.75) is 27.7 Å². The topological polar surface area (TPSA) is 15.5 Å². The second kappa shape index (κ2) is 39.4. The number of hydrogen-bond acceptors (Lipinski definition) is 0. The molecule has 0 aliphatic rings. The fourth-order valence-corrected chi connectivity index (χ4v) is 35.0. The molecule has 0 radical (unpaired) electrons. The molecule has 0 fully saturated rings. The second-order valence-corrected chi connectivity index (χ2v) is 50.4. The maximum atomic E-state index is 2.48. The Balaban J connectivity index is 0.000000116. The van der Waals surface area contributed by atoms with E-state index in [0.29, 0.717) is 0 Å². The zero-order valence-electron chi connectivity index (χ0n) is 79.8. The number of benzene rings is 18. The van der Waals surface area contributed by atoms with Gasteiger partial charge in [-0.3, -0.25) is 0 Å². The van der Waals surface area contributed by atoms with Gasteiger partial charge in [-0.05, 0) is 259 Å². The third kappa shape index (κ3) is 17.0. The Hall–Kier alpha value is -14.2. The predicted octanol–water partition coefficient (Wildman–Crippen LogP) is 24.6. The van der Waals surface area contributed by atoms with Gasteiger partial charge in [0.25, 0.3) is 11.0 Å². The number of aryl methyl sites for hydroxylation is 8. The summed E-state index contributed by atoms with van der Waals surface area (Å²) in [5, 5.41) is 30.0. The van der Waals surface area contributed by atoms with Gasteiger partial charge in [-0.25, -0.2) is 9.13 Å². The monoisotopic (exact) mass is 1830 g/mol. The number of hydrogen-bond donors (Lipinski definition) is 0. The molecule has 0 N–H and O–H groups in total. The van der Waals surface area contributed by atoms with E-state index in [4.69, 9.17) is 0 Å². The first-order valence-corrected chi connectivity index (χ1v) is 56.0. The van der Waals surface area contributed by atoms with E-state index in [2.05, 4.69) is 586 Å². The van der Waals surface area contributed by atoms with Gasteiger partial charge in [-0.15, -0.1) is 0 Å². The van der Waals surface area contributed by atoms with Gasteiger partial charge in [-0.1, -0.05) is 261 Å². The van der Waals surface area contributed by atoms with Crippen molar-refractivity contribution in [2.75, 3.05) is 26.7 Å². The lowest BCUT2D eigenvalue weighted by Gasteiger charge is -2.25. The molecular formula is C128H116N4P4+8. The zero-order chi connectivity index (χ0) is 93.7. The largest absolute Gasteiger partial charge is 0.256 e. The van der Waals surface area contributed by atoms with Gasteiger partial charge in [0.15, 0.2) is 23.0 Å². The molecule has 4 aromatic heterocycles. The maximum absolute atomic E-state index is 2.48. The fourth-order valence-electron chi connectivity index (χ4n) is 21.1. The Morgan fingerprint density at radius 3 is 0.882 bits per heavy atom. The van der Waals surface area contributed by atoms with Crippen LogP contribution in [0, 0.1) is 27.7 Å². The lowest BCUT2D eigenvalue weighted by molar-refractivity contribution is -0.660. The molecule has 0 aliphatic heterocycles. The van der Waals surface area contributed by atoms with Crippen molar-refractivity contribution in [2.24, 2.45) is 28.2 Å². The summed E-state index contributed by atoms with van der Waals surface area (Å²) in [4.78, 5) is 0. The van der Waals surface area contributed by atoms with E-state index in [1.165, 1.54) is 196 Å². The summed E-state index contributed by atoms with van der Waals surface area (Å²) >= 11 is 0. The van der Waals surface area contributed by atoms with Crippen LogP contribution < -0.4 is 81.9 Å². The number of nitrogens with zero attached hydrogens (tertiary/aromatic N) is 4. The molecule has 8 heteroatoms. The maximum Gasteiger partial charge on any atom is 0.256 e. The molecule has 0 bridgehead atoms. The van der Waals surface area contributed by atoms with Crippen LogP contribution in [0.2, 0.25) is 0 Å². The van der Waals surface area contributed by atoms with Gasteiger partial charge < -0.3 is 0 Å². The standard InChI is InChI=1S/2C34H30NP.2C30H28NP/c1-25-30-19-11-10-13-26(30)21-23-31(25)32-24-22-27-14-12-20-33(34(27)35(32)2)36(3,28-15-6-4-7-16-28)29-17-8-5-9-18-29;1-25-30(34-31-19-11-10-13-26(31)23-24-35(34)2)22-21-27-14-12-20-32(33(25)27)36(3,28-15-6-4-7-16-28)29-17-8-5-9-18-29;1-23-27(28-18-10-11-22-31(28)2)21-20-24-13-12-19-29(30(23)24)32(3,25-14-6-4-7-15-25)26-16-8-5-9-17-26;1-23-13-10-11-19-27(23)28-22-21-24-14-12-20-29(30(24)31(28)2)32(3,25-15-6-4-7-16-25)26-17-8-5-9-18-26/h2*4-24H,1-3H3;2*4-22H,1-3H3/q4*+2. The van der Waals surface area contributed by atoms with E-state index in [1.54, 1.807) is 0 Å². The average Bonchev–Trinajstić information content (AvgIpc) is 0.741. The highest BCUT2D eigenvalue weighted by Crippen LogP contribution is 2.57. The highest BCUT2D eigenvalue weighted by atomic mass is 31.2. The summed E-state index contributed by atoms with van der Waals surface area (Å²) in [5.74, 6) is 0. The van der Waals surface area contributed by atoms with E-state index in [9.17, 15) is 0 Å². The summed E-state index contributed by atoms with van der Waals surface area (Å²) < 4.78 is 9.30. The van der Waals surface area contributed by atoms with Crippen molar-refractivity contribution in [3.8, 4) is 45.0 Å². The van der Waals surface area contributed by atoms with Gasteiger partial charge in [0.1, 0.15) is 110 Å². The molecule has 0 saturated carbocycles. The van der Waals surface area contributed by atoms with Crippen LogP contribution in [-0.2, 0) is 28.2 Å². The summed E-state index contributed by atoms with van der Waals surface area (Å²) in [6.45, 7) is 18.9. The Kier molecular flexibility index (Phi) is 26.4. The number of aromatic nitrogens is 4. The van der Waals surface area contributed by atoms with Crippen molar-refractivity contribution < 1.29 is 18.3 Å². The van der Waals surface area contributed by atoms with Crippen LogP contribution in [0.1, 0.15) is 22.3 Å². The minimum absolute atomic E-state index is 1.24. The molecule has 0 aliphatic carbocycles. The van der Waals surface area contributed by atoms with Crippen LogP contribution in [0.15, 0.2) is 486 Å². The van der Waals surface area contributed by atoms with Crippen molar-refractivity contribution in [3.05, 3.63) is 508 Å². The van der Waals surface area contributed by atoms with E-state index in [-0.39, 0.29) is 0 Å². The minimum atomic E-state index is -1.88. The normalized spacial score (nSPS) is 11.7. The lowest BCUT2D eigenvalue weighted by Crippen LogP contribution is -2.40. The van der Waals surface area contributed by atoms with Crippen molar-refractivity contribution in [3.63, 3.8) is 0 Å². The van der Waals surface area contributed by atoms with Crippen LogP contribution in [0.5, 0.6) is 0 Å². The van der Waals surface area contributed by atoms with Gasteiger partial charge in [0.2, 0.25) is 22.8 Å². The van der Waals surface area contributed by atoms with Crippen molar-refractivity contribution in [1.82, 2.24) is 0 Å². The van der Waals surface area contributed by atoms with Gasteiger partial charge in [0.05, 0.1) is 48.4 Å². The highest BCUT2D eigenvalue weighted by molar-refractivity contribution is 7.97. The summed E-state index contributed by atoms with van der Waals surface area (Å²) in [5.41, 5.74) is 18.1. The quantitative estimate of drug-likeness (QED) is 0.0677. The zero-order valence-corrected chi connectivity index (χ0v) is 83.3. The van der Waals surface area contributed by atoms with E-state index >= 15 is 0 Å². The molecule has 18 aromatic carbocycles. The molecule has 0 amide bonds. The Bertz CT molecular complexity index is 7730. The van der Waals surface area contributed by atoms with Crippen molar-refractivity contribution in [1.29, 1.82) is 0 Å². The summed E-state index contributed by atoms with van der Waals surface area (Å²) in [6.07, 6.45) is 4.30. The van der Waals surface area contributed by atoms with E-state index in [1.807, 2.05) is 0 Å². The molecule has 0 atom stereocenters. The second-order valence-electron chi connectivity index (χ2n) is 36.3. The molecule has 4 nitrogen and oxygen atoms in total. The first kappa shape index (κ1) is 91.0. The molecule has 0 saturated heterocycles. The van der Waals surface area contributed by atoms with Crippen LogP contribution in [0.3, 0.4) is 0 Å². The molecule has 0 spiro atoms.